The molecule has 2 nitrogen and oxygen atoms in total. The van der Waals surface area contributed by atoms with E-state index < -0.39 is 0 Å². The highest BCUT2D eigenvalue weighted by Gasteiger charge is 2.53. The van der Waals surface area contributed by atoms with Crippen LogP contribution in [0.25, 0.3) is 0 Å². The minimum atomic E-state index is 0.446. The first-order valence-electron chi connectivity index (χ1n) is 5.32. The third kappa shape index (κ3) is 0.947. The average molecular weight is 188 g/mol. The Morgan fingerprint density at radius 2 is 2.29 bits per heavy atom. The molecule has 1 aromatic rings. The molecule has 3 N–H and O–H groups in total. The molecule has 74 valence electrons. The van der Waals surface area contributed by atoms with E-state index in [0.717, 1.165) is 24.7 Å². The highest BCUT2D eigenvalue weighted by Crippen LogP contribution is 2.55. The first-order valence-corrected chi connectivity index (χ1v) is 5.32. The lowest BCUT2D eigenvalue weighted by Gasteiger charge is -2.27. The van der Waals surface area contributed by atoms with E-state index >= 15 is 0 Å². The van der Waals surface area contributed by atoms with Crippen LogP contribution in [0.3, 0.4) is 0 Å². The Morgan fingerprint density at radius 3 is 3.00 bits per heavy atom. The molecule has 0 saturated heterocycles. The highest BCUT2D eigenvalue weighted by molar-refractivity contribution is 5.51. The van der Waals surface area contributed by atoms with Gasteiger partial charge in [0, 0.05) is 24.2 Å². The monoisotopic (exact) mass is 188 g/mol. The maximum atomic E-state index is 5.80. The Morgan fingerprint density at radius 1 is 1.50 bits per heavy atom. The maximum Gasteiger partial charge on any atom is 0.0317 e. The van der Waals surface area contributed by atoms with Crippen molar-refractivity contribution in [3.8, 4) is 0 Å². The lowest BCUT2D eigenvalue weighted by Crippen LogP contribution is -2.34. The lowest BCUT2D eigenvalue weighted by atomic mass is 9.86. The summed E-state index contributed by atoms with van der Waals surface area (Å²) in [6.45, 7) is 4.47. The van der Waals surface area contributed by atoms with Crippen molar-refractivity contribution >= 4 is 5.69 Å². The van der Waals surface area contributed by atoms with Gasteiger partial charge in [0.1, 0.15) is 0 Å². The second-order valence-electron chi connectivity index (χ2n) is 4.78. The van der Waals surface area contributed by atoms with Crippen LogP contribution in [-0.4, -0.2) is 6.54 Å². The molecule has 1 saturated carbocycles. The fraction of sp³-hybridized carbons (Fsp3) is 0.500. The van der Waals surface area contributed by atoms with Gasteiger partial charge in [-0.15, -0.1) is 0 Å². The van der Waals surface area contributed by atoms with Crippen molar-refractivity contribution in [2.45, 2.75) is 25.3 Å². The van der Waals surface area contributed by atoms with E-state index in [-0.39, 0.29) is 0 Å². The van der Waals surface area contributed by atoms with Crippen LogP contribution in [0.15, 0.2) is 18.2 Å². The molecule has 0 amide bonds. The molecule has 2 atom stereocenters. The average Bonchev–Trinajstić information content (AvgIpc) is 2.77. The third-order valence-electron chi connectivity index (χ3n) is 3.88. The predicted octanol–water partition coefficient (Wildman–Crippen LogP) is 1.65. The second kappa shape index (κ2) is 2.51. The van der Waals surface area contributed by atoms with Gasteiger partial charge in [0.25, 0.3) is 0 Å². The molecule has 14 heavy (non-hydrogen) atoms. The summed E-state index contributed by atoms with van der Waals surface area (Å²) in [7, 11) is 0. The van der Waals surface area contributed by atoms with Crippen molar-refractivity contribution in [1.29, 1.82) is 0 Å². The fourth-order valence-electron chi connectivity index (χ4n) is 2.87. The van der Waals surface area contributed by atoms with Gasteiger partial charge in [-0.2, -0.15) is 0 Å². The first-order chi connectivity index (χ1) is 6.72. The van der Waals surface area contributed by atoms with Crippen molar-refractivity contribution < 1.29 is 0 Å². The first kappa shape index (κ1) is 8.30. The van der Waals surface area contributed by atoms with Gasteiger partial charge in [-0.05, 0) is 35.6 Å². The topological polar surface area (TPSA) is 38.0 Å². The smallest absolute Gasteiger partial charge is 0.0317 e. The summed E-state index contributed by atoms with van der Waals surface area (Å²) in [6, 6.07) is 6.39. The van der Waals surface area contributed by atoms with E-state index in [1.165, 1.54) is 17.5 Å². The van der Waals surface area contributed by atoms with Crippen LogP contribution in [-0.2, 0) is 12.0 Å². The lowest BCUT2D eigenvalue weighted by molar-refractivity contribution is 0.503. The molecule has 2 aliphatic rings. The van der Waals surface area contributed by atoms with Crippen molar-refractivity contribution in [2.24, 2.45) is 5.92 Å². The molecule has 1 heterocycles. The third-order valence-corrected chi connectivity index (χ3v) is 3.88. The van der Waals surface area contributed by atoms with E-state index in [1.807, 2.05) is 6.07 Å². The van der Waals surface area contributed by atoms with Crippen LogP contribution in [0.5, 0.6) is 0 Å². The minimum Gasteiger partial charge on any atom is -0.399 e. The van der Waals surface area contributed by atoms with Crippen LogP contribution in [0.2, 0.25) is 0 Å². The summed E-state index contributed by atoms with van der Waals surface area (Å²) >= 11 is 0. The van der Waals surface area contributed by atoms with Crippen molar-refractivity contribution in [2.75, 3.05) is 12.3 Å². The number of hydrogen-bond donors (Lipinski definition) is 2. The Kier molecular flexibility index (Phi) is 1.49. The quantitative estimate of drug-likeness (QED) is 0.607. The summed E-state index contributed by atoms with van der Waals surface area (Å²) in [5, 5.41) is 3.50. The van der Waals surface area contributed by atoms with Crippen LogP contribution in [0, 0.1) is 5.92 Å². The number of fused-ring (bicyclic) bond motifs is 2. The van der Waals surface area contributed by atoms with Gasteiger partial charge in [-0.1, -0.05) is 13.0 Å². The number of nitrogen functional groups attached to an aromatic ring is 1. The zero-order valence-corrected chi connectivity index (χ0v) is 8.51. The molecule has 2 heteroatoms. The van der Waals surface area contributed by atoms with Crippen LogP contribution in [0.1, 0.15) is 24.5 Å². The summed E-state index contributed by atoms with van der Waals surface area (Å²) in [5.74, 6) is 0.831. The van der Waals surface area contributed by atoms with Gasteiger partial charge in [0.15, 0.2) is 0 Å². The molecule has 2 unspecified atom stereocenters. The number of hydrogen-bond acceptors (Lipinski definition) is 2. The Balaban J connectivity index is 2.12. The highest BCUT2D eigenvalue weighted by atomic mass is 14.9. The summed E-state index contributed by atoms with van der Waals surface area (Å²) in [6.07, 6.45) is 1.33. The van der Waals surface area contributed by atoms with Crippen molar-refractivity contribution in [1.82, 2.24) is 5.32 Å². The van der Waals surface area contributed by atoms with Gasteiger partial charge in [-0.25, -0.2) is 0 Å². The standard InChI is InChI=1S/C12H16N2/c1-8-5-12(8)7-14-6-9-4-10(13)2-3-11(9)12/h2-4,8,14H,5-7,13H2,1H3. The maximum absolute atomic E-state index is 5.80. The second-order valence-corrected chi connectivity index (χ2v) is 4.78. The number of rotatable bonds is 0. The molecule has 0 aromatic heterocycles. The molecule has 1 aliphatic carbocycles. The Bertz CT molecular complexity index is 386. The molecular weight excluding hydrogens is 172 g/mol. The van der Waals surface area contributed by atoms with Gasteiger partial charge in [0.2, 0.25) is 0 Å². The molecule has 0 radical (unpaired) electrons. The molecule has 3 rings (SSSR count). The van der Waals surface area contributed by atoms with Crippen LogP contribution < -0.4 is 11.1 Å². The zero-order valence-electron chi connectivity index (χ0n) is 8.51. The summed E-state index contributed by atoms with van der Waals surface area (Å²) in [4.78, 5) is 0. The normalized spacial score (nSPS) is 34.2. The molecule has 1 aliphatic heterocycles. The number of nitrogens with one attached hydrogen (secondary N) is 1. The van der Waals surface area contributed by atoms with Gasteiger partial charge < -0.3 is 11.1 Å². The summed E-state index contributed by atoms with van der Waals surface area (Å²) in [5.41, 5.74) is 10.1. The Labute approximate surface area is 84.5 Å². The van der Waals surface area contributed by atoms with Crippen LogP contribution in [0.4, 0.5) is 5.69 Å². The van der Waals surface area contributed by atoms with Gasteiger partial charge in [-0.3, -0.25) is 0 Å². The fourth-order valence-corrected chi connectivity index (χ4v) is 2.87. The van der Waals surface area contributed by atoms with Gasteiger partial charge >= 0.3 is 0 Å². The summed E-state index contributed by atoms with van der Waals surface area (Å²) < 4.78 is 0. The van der Waals surface area contributed by atoms with Crippen molar-refractivity contribution in [3.63, 3.8) is 0 Å². The zero-order chi connectivity index (χ0) is 9.76. The van der Waals surface area contributed by atoms with Gasteiger partial charge in [0.05, 0.1) is 0 Å². The van der Waals surface area contributed by atoms with Crippen LogP contribution >= 0.6 is 0 Å². The predicted molar refractivity (Wildman–Crippen MR) is 58.0 cm³/mol. The van der Waals surface area contributed by atoms with Crippen molar-refractivity contribution in [3.05, 3.63) is 29.3 Å². The van der Waals surface area contributed by atoms with E-state index in [2.05, 4.69) is 24.4 Å². The molecule has 0 bridgehead atoms. The molecule has 1 spiro atoms. The van der Waals surface area contributed by atoms with E-state index in [1.54, 1.807) is 0 Å². The SMILES string of the molecule is CC1CC12CNCc1cc(N)ccc12. The van der Waals surface area contributed by atoms with E-state index in [0.29, 0.717) is 5.41 Å². The minimum absolute atomic E-state index is 0.446. The Hall–Kier alpha value is -1.02. The number of benzene rings is 1. The molecule has 1 fully saturated rings. The largest absolute Gasteiger partial charge is 0.399 e. The number of anilines is 1. The molecular formula is C12H16N2. The number of nitrogens with two attached hydrogens (primary N) is 1. The van der Waals surface area contributed by atoms with E-state index in [4.69, 9.17) is 5.73 Å². The van der Waals surface area contributed by atoms with E-state index in [9.17, 15) is 0 Å². The molecule has 1 aromatic carbocycles.